The van der Waals surface area contributed by atoms with Gasteiger partial charge in [0.1, 0.15) is 10.6 Å². The molecule has 31 heavy (non-hydrogen) atoms. The van der Waals surface area contributed by atoms with Gasteiger partial charge in [-0.05, 0) is 43.2 Å². The van der Waals surface area contributed by atoms with E-state index in [1.54, 1.807) is 31.3 Å². The summed E-state index contributed by atoms with van der Waals surface area (Å²) in [6.45, 7) is 0. The minimum Gasteiger partial charge on any atom is -0.495 e. The molecule has 0 heterocycles. The molecule has 0 atom stereocenters. The molecule has 0 bridgehead atoms. The Labute approximate surface area is 183 Å². The van der Waals surface area contributed by atoms with Crippen molar-refractivity contribution < 1.29 is 27.4 Å². The number of hydrogen-bond acceptors (Lipinski definition) is 6. The second kappa shape index (κ2) is 9.57. The van der Waals surface area contributed by atoms with Gasteiger partial charge in [0.2, 0.25) is 10.0 Å². The highest BCUT2D eigenvalue weighted by Crippen LogP contribution is 2.32. The van der Waals surface area contributed by atoms with Gasteiger partial charge in [0, 0.05) is 30.4 Å². The number of methoxy groups -OCH3 is 3. The van der Waals surface area contributed by atoms with Crippen LogP contribution in [0.3, 0.4) is 0 Å². The van der Waals surface area contributed by atoms with Gasteiger partial charge in [-0.3, -0.25) is 4.79 Å². The van der Waals surface area contributed by atoms with Crippen LogP contribution in [0, 0.1) is 0 Å². The van der Waals surface area contributed by atoms with Gasteiger partial charge in [-0.25, -0.2) is 13.1 Å². The summed E-state index contributed by atoms with van der Waals surface area (Å²) in [4.78, 5) is 14.5. The standard InChI is InChI=1S/C22H28N2O6S/c1-24(17-10-12-18(28-2)20(14-17)30-4)22(25)15-9-11-19(29-3)21(13-15)31(26,27)23-16-7-5-6-8-16/h9-14,16,23H,5-8H2,1-4H3. The number of carbonyl (C=O) groups is 1. The molecule has 1 fully saturated rings. The molecule has 9 heteroatoms. The number of amides is 1. The lowest BCUT2D eigenvalue weighted by Gasteiger charge is -2.20. The molecule has 0 aromatic heterocycles. The number of benzene rings is 2. The second-order valence-electron chi connectivity index (χ2n) is 7.37. The fraction of sp³-hybridized carbons (Fsp3) is 0.409. The highest BCUT2D eigenvalue weighted by molar-refractivity contribution is 7.89. The molecule has 8 nitrogen and oxygen atoms in total. The molecule has 1 N–H and O–H groups in total. The van der Waals surface area contributed by atoms with Crippen LogP contribution in [0.25, 0.3) is 0 Å². The number of nitrogens with one attached hydrogen (secondary N) is 1. The van der Waals surface area contributed by atoms with Gasteiger partial charge in [-0.2, -0.15) is 0 Å². The Morgan fingerprint density at radius 1 is 0.935 bits per heavy atom. The zero-order valence-corrected chi connectivity index (χ0v) is 19.0. The number of rotatable bonds is 8. The maximum atomic E-state index is 13.1. The highest BCUT2D eigenvalue weighted by Gasteiger charge is 2.27. The third-order valence-electron chi connectivity index (χ3n) is 5.44. The number of ether oxygens (including phenoxy) is 3. The first-order valence-corrected chi connectivity index (χ1v) is 11.5. The number of hydrogen-bond donors (Lipinski definition) is 1. The molecule has 1 saturated carbocycles. The van der Waals surface area contributed by atoms with Crippen molar-refractivity contribution in [3.8, 4) is 17.2 Å². The summed E-state index contributed by atoms with van der Waals surface area (Å²) < 4.78 is 44.5. The van der Waals surface area contributed by atoms with Crippen molar-refractivity contribution in [2.24, 2.45) is 0 Å². The quantitative estimate of drug-likeness (QED) is 0.667. The number of anilines is 1. The van der Waals surface area contributed by atoms with Crippen LogP contribution in [0.15, 0.2) is 41.3 Å². The minimum atomic E-state index is -3.83. The molecule has 0 aliphatic heterocycles. The average Bonchev–Trinajstić information content (AvgIpc) is 3.29. The van der Waals surface area contributed by atoms with E-state index in [4.69, 9.17) is 14.2 Å². The van der Waals surface area contributed by atoms with Crippen LogP contribution >= 0.6 is 0 Å². The molecule has 2 aromatic rings. The third kappa shape index (κ3) is 4.94. The zero-order chi connectivity index (χ0) is 22.6. The maximum Gasteiger partial charge on any atom is 0.258 e. The summed E-state index contributed by atoms with van der Waals surface area (Å²) in [5.41, 5.74) is 0.803. The average molecular weight is 449 g/mol. The molecular weight excluding hydrogens is 420 g/mol. The first kappa shape index (κ1) is 22.9. The fourth-order valence-corrected chi connectivity index (χ4v) is 5.19. The van der Waals surface area contributed by atoms with E-state index >= 15 is 0 Å². The number of carbonyl (C=O) groups excluding carboxylic acids is 1. The lowest BCUT2D eigenvalue weighted by Crippen LogP contribution is -2.33. The normalized spacial score (nSPS) is 14.3. The monoisotopic (exact) mass is 448 g/mol. The maximum absolute atomic E-state index is 13.1. The van der Waals surface area contributed by atoms with E-state index in [2.05, 4.69) is 4.72 Å². The molecule has 1 amide bonds. The Hall–Kier alpha value is -2.78. The van der Waals surface area contributed by atoms with Gasteiger partial charge < -0.3 is 19.1 Å². The summed E-state index contributed by atoms with van der Waals surface area (Å²) in [5.74, 6) is 0.851. The Bertz CT molecular complexity index is 1050. The highest BCUT2D eigenvalue weighted by atomic mass is 32.2. The molecule has 0 saturated heterocycles. The summed E-state index contributed by atoms with van der Waals surface area (Å²) in [6, 6.07) is 9.42. The first-order chi connectivity index (χ1) is 14.8. The van der Waals surface area contributed by atoms with E-state index in [1.807, 2.05) is 0 Å². The van der Waals surface area contributed by atoms with Crippen molar-refractivity contribution in [2.75, 3.05) is 33.3 Å². The molecule has 1 aliphatic carbocycles. The van der Waals surface area contributed by atoms with Gasteiger partial charge >= 0.3 is 0 Å². The molecule has 2 aromatic carbocycles. The van der Waals surface area contributed by atoms with Crippen molar-refractivity contribution in [1.82, 2.24) is 4.72 Å². The van der Waals surface area contributed by atoms with Crippen molar-refractivity contribution in [3.63, 3.8) is 0 Å². The largest absolute Gasteiger partial charge is 0.495 e. The lowest BCUT2D eigenvalue weighted by atomic mass is 10.1. The van der Waals surface area contributed by atoms with E-state index in [9.17, 15) is 13.2 Å². The Kier molecular flexibility index (Phi) is 7.07. The summed E-state index contributed by atoms with van der Waals surface area (Å²) in [5, 5.41) is 0. The Morgan fingerprint density at radius 3 is 2.16 bits per heavy atom. The van der Waals surface area contributed by atoms with E-state index in [0.29, 0.717) is 17.2 Å². The van der Waals surface area contributed by atoms with Gasteiger partial charge in [0.05, 0.1) is 21.3 Å². The van der Waals surface area contributed by atoms with Crippen LogP contribution in [0.2, 0.25) is 0 Å². The molecule has 0 unspecified atom stereocenters. The summed E-state index contributed by atoms with van der Waals surface area (Å²) in [7, 11) is 2.23. The smallest absolute Gasteiger partial charge is 0.258 e. The summed E-state index contributed by atoms with van der Waals surface area (Å²) >= 11 is 0. The molecule has 0 radical (unpaired) electrons. The predicted molar refractivity (Wildman–Crippen MR) is 118 cm³/mol. The molecule has 168 valence electrons. The fourth-order valence-electron chi connectivity index (χ4n) is 3.69. The SMILES string of the molecule is COc1ccc(N(C)C(=O)c2ccc(OC)c(S(=O)(=O)NC3CCCC3)c2)cc1OC. The van der Waals surface area contributed by atoms with Crippen LogP contribution in [0.1, 0.15) is 36.0 Å². The molecular formula is C22H28N2O6S. The van der Waals surface area contributed by atoms with Gasteiger partial charge in [-0.1, -0.05) is 12.8 Å². The van der Waals surface area contributed by atoms with Crippen LogP contribution in [-0.4, -0.2) is 48.7 Å². The Morgan fingerprint density at radius 2 is 1.55 bits per heavy atom. The molecule has 0 spiro atoms. The number of sulfonamides is 1. The number of nitrogens with zero attached hydrogens (tertiary/aromatic N) is 1. The van der Waals surface area contributed by atoms with Gasteiger partial charge in [-0.15, -0.1) is 0 Å². The minimum absolute atomic E-state index is 0.0477. The van der Waals surface area contributed by atoms with E-state index in [0.717, 1.165) is 25.7 Å². The third-order valence-corrected chi connectivity index (χ3v) is 6.98. The molecule has 3 rings (SSSR count). The van der Waals surface area contributed by atoms with E-state index < -0.39 is 10.0 Å². The van der Waals surface area contributed by atoms with Crippen molar-refractivity contribution in [2.45, 2.75) is 36.6 Å². The van der Waals surface area contributed by atoms with Gasteiger partial charge in [0.25, 0.3) is 5.91 Å². The van der Waals surface area contributed by atoms with E-state index in [-0.39, 0.29) is 28.2 Å². The van der Waals surface area contributed by atoms with Crippen LogP contribution in [0.4, 0.5) is 5.69 Å². The second-order valence-corrected chi connectivity index (χ2v) is 9.05. The van der Waals surface area contributed by atoms with Crippen LogP contribution in [0.5, 0.6) is 17.2 Å². The van der Waals surface area contributed by atoms with Crippen LogP contribution < -0.4 is 23.8 Å². The van der Waals surface area contributed by atoms with Crippen molar-refractivity contribution in [1.29, 1.82) is 0 Å². The molecule has 1 aliphatic rings. The topological polar surface area (TPSA) is 94.2 Å². The first-order valence-electron chi connectivity index (χ1n) is 10.0. The van der Waals surface area contributed by atoms with Crippen molar-refractivity contribution in [3.05, 3.63) is 42.0 Å². The van der Waals surface area contributed by atoms with E-state index in [1.165, 1.54) is 38.4 Å². The Balaban J connectivity index is 1.92. The summed E-state index contributed by atoms with van der Waals surface area (Å²) in [6.07, 6.45) is 3.61. The van der Waals surface area contributed by atoms with Crippen LogP contribution in [-0.2, 0) is 10.0 Å². The van der Waals surface area contributed by atoms with Crippen molar-refractivity contribution >= 4 is 21.6 Å². The lowest BCUT2D eigenvalue weighted by molar-refractivity contribution is 0.0992. The predicted octanol–water partition coefficient (Wildman–Crippen LogP) is 3.21. The zero-order valence-electron chi connectivity index (χ0n) is 18.2. The van der Waals surface area contributed by atoms with Gasteiger partial charge in [0.15, 0.2) is 11.5 Å².